The van der Waals surface area contributed by atoms with Gasteiger partial charge in [-0.15, -0.1) is 0 Å². The Morgan fingerprint density at radius 1 is 1.59 bits per heavy atom. The van der Waals surface area contributed by atoms with Crippen molar-refractivity contribution in [2.45, 2.75) is 38.6 Å². The highest BCUT2D eigenvalue weighted by molar-refractivity contribution is 6.28. The van der Waals surface area contributed by atoms with Gasteiger partial charge in [-0.3, -0.25) is 0 Å². The van der Waals surface area contributed by atoms with E-state index in [1.54, 1.807) is 6.20 Å². The van der Waals surface area contributed by atoms with Crippen molar-refractivity contribution in [1.82, 2.24) is 9.97 Å². The highest BCUT2D eigenvalue weighted by Crippen LogP contribution is 2.29. The van der Waals surface area contributed by atoms with Crippen LogP contribution >= 0.6 is 11.6 Å². The van der Waals surface area contributed by atoms with Crippen molar-refractivity contribution >= 4 is 17.4 Å². The molecule has 94 valence electrons. The van der Waals surface area contributed by atoms with E-state index >= 15 is 0 Å². The molecule has 0 radical (unpaired) electrons. The smallest absolute Gasteiger partial charge is 0.224 e. The normalized spacial score (nSPS) is 19.9. The van der Waals surface area contributed by atoms with Gasteiger partial charge >= 0.3 is 0 Å². The van der Waals surface area contributed by atoms with E-state index in [1.807, 2.05) is 6.92 Å². The van der Waals surface area contributed by atoms with Gasteiger partial charge in [0.15, 0.2) is 0 Å². The monoisotopic (exact) mass is 255 g/mol. The summed E-state index contributed by atoms with van der Waals surface area (Å²) in [5, 5.41) is 9.22. The molecule has 1 fully saturated rings. The van der Waals surface area contributed by atoms with E-state index < -0.39 is 0 Å². The molecule has 2 heterocycles. The fourth-order valence-electron chi connectivity index (χ4n) is 2.44. The van der Waals surface area contributed by atoms with Crippen molar-refractivity contribution in [3.05, 3.63) is 17.0 Å². The van der Waals surface area contributed by atoms with E-state index in [2.05, 4.69) is 14.9 Å². The highest BCUT2D eigenvalue weighted by atomic mass is 35.5. The lowest BCUT2D eigenvalue weighted by atomic mass is 10.1. The zero-order chi connectivity index (χ0) is 12.3. The molecule has 0 spiro atoms. The Labute approximate surface area is 107 Å². The Morgan fingerprint density at radius 3 is 3.18 bits per heavy atom. The molecule has 5 heteroatoms. The van der Waals surface area contributed by atoms with Crippen LogP contribution in [0.3, 0.4) is 0 Å². The topological polar surface area (TPSA) is 49.2 Å². The second kappa shape index (κ2) is 5.65. The molecule has 1 N–H and O–H groups in total. The van der Waals surface area contributed by atoms with Gasteiger partial charge < -0.3 is 10.0 Å². The first kappa shape index (κ1) is 12.6. The molecule has 1 unspecified atom stereocenters. The number of aryl methyl sites for hydroxylation is 1. The summed E-state index contributed by atoms with van der Waals surface area (Å²) in [6.45, 7) is 3.28. The number of rotatable bonds is 4. The minimum Gasteiger partial charge on any atom is -0.396 e. The molecule has 1 atom stereocenters. The van der Waals surface area contributed by atoms with E-state index in [4.69, 9.17) is 16.7 Å². The number of aromatic nitrogens is 2. The summed E-state index contributed by atoms with van der Waals surface area (Å²) < 4.78 is 0. The van der Waals surface area contributed by atoms with Crippen molar-refractivity contribution < 1.29 is 5.11 Å². The maximum atomic E-state index is 8.92. The summed E-state index contributed by atoms with van der Waals surface area (Å²) in [6, 6.07) is 0.479. The molecule has 2 rings (SSSR count). The van der Waals surface area contributed by atoms with E-state index in [-0.39, 0.29) is 6.61 Å². The van der Waals surface area contributed by atoms with Crippen LogP contribution in [0.1, 0.15) is 31.2 Å². The molecule has 1 saturated heterocycles. The lowest BCUT2D eigenvalue weighted by molar-refractivity contribution is 0.279. The summed E-state index contributed by atoms with van der Waals surface area (Å²) in [6.07, 6.45) is 5.97. The third-order valence-corrected chi connectivity index (χ3v) is 3.44. The van der Waals surface area contributed by atoms with Crippen molar-refractivity contribution in [1.29, 1.82) is 0 Å². The third-order valence-electron chi connectivity index (χ3n) is 3.26. The fourth-order valence-corrected chi connectivity index (χ4v) is 2.57. The molecule has 0 bridgehead atoms. The second-order valence-electron chi connectivity index (χ2n) is 4.50. The second-order valence-corrected chi connectivity index (χ2v) is 4.84. The van der Waals surface area contributed by atoms with Gasteiger partial charge in [0.25, 0.3) is 0 Å². The maximum Gasteiger partial charge on any atom is 0.224 e. The van der Waals surface area contributed by atoms with Crippen molar-refractivity contribution in [3.63, 3.8) is 0 Å². The Kier molecular flexibility index (Phi) is 4.18. The molecular formula is C12H18ClN3O. The lowest BCUT2D eigenvalue weighted by Crippen LogP contribution is -2.30. The van der Waals surface area contributed by atoms with Crippen molar-refractivity contribution in [2.75, 3.05) is 18.1 Å². The molecule has 0 amide bonds. The van der Waals surface area contributed by atoms with E-state index in [0.717, 1.165) is 30.8 Å². The molecule has 4 nitrogen and oxygen atoms in total. The minimum atomic E-state index is 0.258. The van der Waals surface area contributed by atoms with Crippen LogP contribution in [-0.2, 0) is 0 Å². The summed E-state index contributed by atoms with van der Waals surface area (Å²) in [5.74, 6) is 0.949. The first-order chi connectivity index (χ1) is 8.22. The molecule has 1 aliphatic rings. The maximum absolute atomic E-state index is 8.92. The zero-order valence-corrected chi connectivity index (χ0v) is 10.8. The molecule has 17 heavy (non-hydrogen) atoms. The van der Waals surface area contributed by atoms with E-state index in [1.165, 1.54) is 12.8 Å². The Balaban J connectivity index is 2.16. The predicted molar refractivity (Wildman–Crippen MR) is 68.5 cm³/mol. The zero-order valence-electron chi connectivity index (χ0n) is 10.1. The number of hydrogen-bond acceptors (Lipinski definition) is 4. The van der Waals surface area contributed by atoms with Crippen LogP contribution < -0.4 is 4.90 Å². The number of anilines is 1. The summed E-state index contributed by atoms with van der Waals surface area (Å²) in [4.78, 5) is 10.6. The number of hydrogen-bond donors (Lipinski definition) is 1. The molecule has 1 aromatic heterocycles. The van der Waals surface area contributed by atoms with Crippen LogP contribution in [0, 0.1) is 6.92 Å². The largest absolute Gasteiger partial charge is 0.396 e. The van der Waals surface area contributed by atoms with Gasteiger partial charge in [-0.1, -0.05) is 0 Å². The molecule has 1 aliphatic heterocycles. The summed E-state index contributed by atoms with van der Waals surface area (Å²) in [5.41, 5.74) is 1.06. The molecule has 0 aliphatic carbocycles. The number of halogens is 1. The minimum absolute atomic E-state index is 0.258. The quantitative estimate of drug-likeness (QED) is 0.838. The van der Waals surface area contributed by atoms with E-state index in [0.29, 0.717) is 11.3 Å². The Hall–Kier alpha value is -0.870. The van der Waals surface area contributed by atoms with Crippen LogP contribution in [0.15, 0.2) is 6.20 Å². The van der Waals surface area contributed by atoms with Gasteiger partial charge in [0, 0.05) is 31.0 Å². The van der Waals surface area contributed by atoms with Gasteiger partial charge in [-0.05, 0) is 44.2 Å². The van der Waals surface area contributed by atoms with Gasteiger partial charge in [0.2, 0.25) is 5.28 Å². The van der Waals surface area contributed by atoms with Gasteiger partial charge in [0.1, 0.15) is 5.82 Å². The van der Waals surface area contributed by atoms with E-state index in [9.17, 15) is 0 Å². The van der Waals surface area contributed by atoms with Crippen LogP contribution in [-0.4, -0.2) is 34.3 Å². The molecule has 1 aromatic rings. The van der Waals surface area contributed by atoms with Gasteiger partial charge in [0.05, 0.1) is 0 Å². The molecule has 0 saturated carbocycles. The number of aliphatic hydroxyl groups excluding tert-OH is 1. The lowest BCUT2D eigenvalue weighted by Gasteiger charge is -2.26. The predicted octanol–water partition coefficient (Wildman–Crippen LogP) is 2.18. The van der Waals surface area contributed by atoms with Crippen molar-refractivity contribution in [3.8, 4) is 0 Å². The standard InChI is InChI=1S/C12H18ClN3O/c1-9-8-14-12(13)15-11(9)16-6-2-4-10(16)5-3-7-17/h8,10,17H,2-7H2,1H3. The SMILES string of the molecule is Cc1cnc(Cl)nc1N1CCCC1CCCO. The first-order valence-corrected chi connectivity index (χ1v) is 6.47. The summed E-state index contributed by atoms with van der Waals surface area (Å²) >= 11 is 5.86. The van der Waals surface area contributed by atoms with Gasteiger partial charge in [-0.25, -0.2) is 9.97 Å². The average molecular weight is 256 g/mol. The average Bonchev–Trinajstić information content (AvgIpc) is 2.77. The number of aliphatic hydroxyl groups is 1. The van der Waals surface area contributed by atoms with Gasteiger partial charge in [-0.2, -0.15) is 0 Å². The number of nitrogens with zero attached hydrogens (tertiary/aromatic N) is 3. The van der Waals surface area contributed by atoms with Crippen LogP contribution in [0.5, 0.6) is 0 Å². The van der Waals surface area contributed by atoms with Crippen LogP contribution in [0.25, 0.3) is 0 Å². The molecule has 0 aromatic carbocycles. The summed E-state index contributed by atoms with van der Waals surface area (Å²) in [7, 11) is 0. The Bertz CT molecular complexity index is 386. The van der Waals surface area contributed by atoms with Crippen LogP contribution in [0.2, 0.25) is 5.28 Å². The molecular weight excluding hydrogens is 238 g/mol. The van der Waals surface area contributed by atoms with Crippen molar-refractivity contribution in [2.24, 2.45) is 0 Å². The first-order valence-electron chi connectivity index (χ1n) is 6.09. The Morgan fingerprint density at radius 2 is 2.41 bits per heavy atom. The highest BCUT2D eigenvalue weighted by Gasteiger charge is 2.26. The third kappa shape index (κ3) is 2.87. The fraction of sp³-hybridized carbons (Fsp3) is 0.667. The van der Waals surface area contributed by atoms with Crippen LogP contribution in [0.4, 0.5) is 5.82 Å².